The predicted molar refractivity (Wildman–Crippen MR) is 110 cm³/mol. The van der Waals surface area contributed by atoms with E-state index in [0.717, 1.165) is 16.8 Å². The SMILES string of the molecule is CC(C)N(CC(=O)N1c2ccc(S(N)(=O)=O)cc2CC1C)Cc1ccccc1. The highest BCUT2D eigenvalue weighted by Gasteiger charge is 2.32. The Morgan fingerprint density at radius 1 is 1.21 bits per heavy atom. The summed E-state index contributed by atoms with van der Waals surface area (Å²) in [7, 11) is -3.76. The minimum absolute atomic E-state index is 0.0132. The zero-order valence-corrected chi connectivity index (χ0v) is 17.3. The smallest absolute Gasteiger partial charge is 0.241 e. The number of nitrogens with two attached hydrogens (primary N) is 1. The summed E-state index contributed by atoms with van der Waals surface area (Å²) in [6, 6.07) is 15.0. The molecule has 1 unspecified atom stereocenters. The topological polar surface area (TPSA) is 83.7 Å². The summed E-state index contributed by atoms with van der Waals surface area (Å²) in [5.41, 5.74) is 2.77. The molecule has 2 N–H and O–H groups in total. The lowest BCUT2D eigenvalue weighted by Crippen LogP contribution is -2.45. The quantitative estimate of drug-likeness (QED) is 0.806. The second-order valence-corrected chi connectivity index (χ2v) is 9.20. The molecule has 3 rings (SSSR count). The van der Waals surface area contributed by atoms with Crippen LogP contribution in [0.5, 0.6) is 0 Å². The van der Waals surface area contributed by atoms with Crippen LogP contribution < -0.4 is 10.0 Å². The van der Waals surface area contributed by atoms with Crippen LogP contribution >= 0.6 is 0 Å². The normalized spacial score (nSPS) is 16.6. The number of hydrogen-bond donors (Lipinski definition) is 1. The van der Waals surface area contributed by atoms with Gasteiger partial charge in [0.1, 0.15) is 0 Å². The molecule has 1 amide bonds. The van der Waals surface area contributed by atoms with Gasteiger partial charge in [0.05, 0.1) is 11.4 Å². The lowest BCUT2D eigenvalue weighted by molar-refractivity contribution is -0.120. The van der Waals surface area contributed by atoms with Crippen LogP contribution in [0.4, 0.5) is 5.69 Å². The molecule has 0 spiro atoms. The molecule has 0 radical (unpaired) electrons. The molecule has 7 heteroatoms. The van der Waals surface area contributed by atoms with Crippen LogP contribution in [-0.2, 0) is 27.8 Å². The molecule has 28 heavy (non-hydrogen) atoms. The highest BCUT2D eigenvalue weighted by Crippen LogP contribution is 2.34. The molecule has 0 saturated heterocycles. The third kappa shape index (κ3) is 4.43. The van der Waals surface area contributed by atoms with Gasteiger partial charge < -0.3 is 4.90 Å². The van der Waals surface area contributed by atoms with E-state index in [4.69, 9.17) is 5.14 Å². The fourth-order valence-corrected chi connectivity index (χ4v) is 4.22. The molecule has 0 aromatic heterocycles. The lowest BCUT2D eigenvalue weighted by Gasteiger charge is -2.30. The second-order valence-electron chi connectivity index (χ2n) is 7.64. The van der Waals surface area contributed by atoms with Crippen LogP contribution in [0.15, 0.2) is 53.4 Å². The van der Waals surface area contributed by atoms with Crippen molar-refractivity contribution in [2.45, 2.75) is 50.7 Å². The number of carbonyl (C=O) groups excluding carboxylic acids is 1. The fourth-order valence-electron chi connectivity index (χ4n) is 3.65. The van der Waals surface area contributed by atoms with Crippen molar-refractivity contribution in [3.8, 4) is 0 Å². The molecule has 1 heterocycles. The van der Waals surface area contributed by atoms with Crippen LogP contribution in [0.2, 0.25) is 0 Å². The number of amides is 1. The van der Waals surface area contributed by atoms with Gasteiger partial charge in [-0.1, -0.05) is 30.3 Å². The molecular weight excluding hydrogens is 374 g/mol. The van der Waals surface area contributed by atoms with Crippen LogP contribution in [0, 0.1) is 0 Å². The Labute approximate surface area is 167 Å². The van der Waals surface area contributed by atoms with Gasteiger partial charge in [0, 0.05) is 24.3 Å². The van der Waals surface area contributed by atoms with Crippen molar-refractivity contribution in [3.63, 3.8) is 0 Å². The molecule has 1 atom stereocenters. The first-order chi connectivity index (χ1) is 13.2. The van der Waals surface area contributed by atoms with Crippen molar-refractivity contribution in [2.24, 2.45) is 5.14 Å². The molecule has 2 aromatic carbocycles. The number of fused-ring (bicyclic) bond motifs is 1. The number of anilines is 1. The number of carbonyl (C=O) groups is 1. The predicted octanol–water partition coefficient (Wildman–Crippen LogP) is 2.52. The zero-order valence-electron chi connectivity index (χ0n) is 16.5. The molecule has 0 saturated carbocycles. The first-order valence-electron chi connectivity index (χ1n) is 9.42. The summed E-state index contributed by atoms with van der Waals surface area (Å²) in [5, 5.41) is 5.24. The number of hydrogen-bond acceptors (Lipinski definition) is 4. The van der Waals surface area contributed by atoms with E-state index in [1.807, 2.05) is 25.1 Å². The second kappa shape index (κ2) is 8.03. The number of rotatable bonds is 6. The maximum atomic E-state index is 13.1. The van der Waals surface area contributed by atoms with Gasteiger partial charge in [-0.2, -0.15) is 0 Å². The van der Waals surface area contributed by atoms with Gasteiger partial charge in [0.15, 0.2) is 0 Å². The van der Waals surface area contributed by atoms with Gasteiger partial charge >= 0.3 is 0 Å². The maximum Gasteiger partial charge on any atom is 0.241 e. The van der Waals surface area contributed by atoms with Gasteiger partial charge in [-0.15, -0.1) is 0 Å². The summed E-state index contributed by atoms with van der Waals surface area (Å²) in [6.45, 7) is 7.13. The molecule has 2 aromatic rings. The Morgan fingerprint density at radius 3 is 2.50 bits per heavy atom. The Morgan fingerprint density at radius 2 is 1.89 bits per heavy atom. The van der Waals surface area contributed by atoms with Crippen molar-refractivity contribution >= 4 is 21.6 Å². The van der Waals surface area contributed by atoms with E-state index in [0.29, 0.717) is 19.5 Å². The summed E-state index contributed by atoms with van der Waals surface area (Å²) in [6.07, 6.45) is 0.616. The Hall–Kier alpha value is -2.22. The number of benzene rings is 2. The molecule has 150 valence electrons. The summed E-state index contributed by atoms with van der Waals surface area (Å²) in [4.78, 5) is 17.2. The number of sulfonamides is 1. The van der Waals surface area contributed by atoms with E-state index in [2.05, 4.69) is 30.9 Å². The van der Waals surface area contributed by atoms with Crippen molar-refractivity contribution in [3.05, 3.63) is 59.7 Å². The molecule has 0 aliphatic carbocycles. The van der Waals surface area contributed by atoms with Crippen LogP contribution in [0.25, 0.3) is 0 Å². The van der Waals surface area contributed by atoms with E-state index >= 15 is 0 Å². The van der Waals surface area contributed by atoms with E-state index in [1.54, 1.807) is 17.0 Å². The van der Waals surface area contributed by atoms with Crippen molar-refractivity contribution in [1.29, 1.82) is 0 Å². The first kappa shape index (κ1) is 20.5. The third-order valence-electron chi connectivity index (χ3n) is 5.16. The first-order valence-corrected chi connectivity index (χ1v) is 11.0. The van der Waals surface area contributed by atoms with E-state index in [-0.39, 0.29) is 22.9 Å². The third-order valence-corrected chi connectivity index (χ3v) is 6.07. The Kier molecular flexibility index (Phi) is 5.88. The molecule has 0 bridgehead atoms. The minimum atomic E-state index is -3.76. The van der Waals surface area contributed by atoms with Gasteiger partial charge in [-0.05, 0) is 56.5 Å². The van der Waals surface area contributed by atoms with E-state index < -0.39 is 10.0 Å². The van der Waals surface area contributed by atoms with Crippen LogP contribution in [-0.4, -0.2) is 37.9 Å². The van der Waals surface area contributed by atoms with Gasteiger partial charge in [-0.25, -0.2) is 13.6 Å². The average Bonchev–Trinajstić information content (AvgIpc) is 2.96. The Bertz CT molecular complexity index is 958. The lowest BCUT2D eigenvalue weighted by atomic mass is 10.1. The minimum Gasteiger partial charge on any atom is -0.308 e. The summed E-state index contributed by atoms with van der Waals surface area (Å²) in [5.74, 6) is 0.0132. The van der Waals surface area contributed by atoms with E-state index in [9.17, 15) is 13.2 Å². The molecular formula is C21H27N3O3S. The highest BCUT2D eigenvalue weighted by molar-refractivity contribution is 7.89. The standard InChI is InChI=1S/C21H27N3O3S/c1-15(2)23(13-17-7-5-4-6-8-17)14-21(25)24-16(3)11-18-12-19(28(22,26)27)9-10-20(18)24/h4-10,12,15-16H,11,13-14H2,1-3H3,(H2,22,26,27). The molecule has 1 aliphatic rings. The van der Waals surface area contributed by atoms with Gasteiger partial charge in [-0.3, -0.25) is 9.69 Å². The average molecular weight is 402 g/mol. The van der Waals surface area contributed by atoms with Crippen molar-refractivity contribution in [1.82, 2.24) is 4.90 Å². The Balaban J connectivity index is 1.80. The fraction of sp³-hybridized carbons (Fsp3) is 0.381. The monoisotopic (exact) mass is 401 g/mol. The maximum absolute atomic E-state index is 13.1. The van der Waals surface area contributed by atoms with Crippen LogP contribution in [0.1, 0.15) is 31.9 Å². The molecule has 1 aliphatic heterocycles. The summed E-state index contributed by atoms with van der Waals surface area (Å²) < 4.78 is 23.2. The van der Waals surface area contributed by atoms with Crippen molar-refractivity contribution < 1.29 is 13.2 Å². The van der Waals surface area contributed by atoms with Gasteiger partial charge in [0.2, 0.25) is 15.9 Å². The number of primary sulfonamides is 1. The van der Waals surface area contributed by atoms with Crippen LogP contribution in [0.3, 0.4) is 0 Å². The largest absolute Gasteiger partial charge is 0.308 e. The molecule has 0 fully saturated rings. The summed E-state index contributed by atoms with van der Waals surface area (Å²) >= 11 is 0. The molecule has 6 nitrogen and oxygen atoms in total. The zero-order chi connectivity index (χ0) is 20.5. The number of nitrogens with zero attached hydrogens (tertiary/aromatic N) is 2. The van der Waals surface area contributed by atoms with Crippen molar-refractivity contribution in [2.75, 3.05) is 11.4 Å². The van der Waals surface area contributed by atoms with E-state index in [1.165, 1.54) is 6.07 Å². The van der Waals surface area contributed by atoms with Gasteiger partial charge in [0.25, 0.3) is 0 Å². The highest BCUT2D eigenvalue weighted by atomic mass is 32.2.